The minimum atomic E-state index is -0.0200. The number of aromatic amines is 1. The van der Waals surface area contributed by atoms with Gasteiger partial charge in [-0.15, -0.1) is 0 Å². The van der Waals surface area contributed by atoms with Gasteiger partial charge < -0.3 is 4.98 Å². The lowest BCUT2D eigenvalue weighted by Crippen LogP contribution is -2.03. The molecule has 1 N–H and O–H groups in total. The molecule has 0 fully saturated rings. The van der Waals surface area contributed by atoms with Crippen molar-refractivity contribution in [3.8, 4) is 0 Å². The van der Waals surface area contributed by atoms with Gasteiger partial charge in [-0.2, -0.15) is 0 Å². The van der Waals surface area contributed by atoms with Crippen LogP contribution in [0.15, 0.2) is 42.7 Å². The highest BCUT2D eigenvalue weighted by Crippen LogP contribution is 2.27. The van der Waals surface area contributed by atoms with Crippen LogP contribution < -0.4 is 0 Å². The lowest BCUT2D eigenvalue weighted by atomic mass is 10.0. The maximum atomic E-state index is 12.4. The SMILES string of the molecule is O=C(Cc1cccc(Cl)c1Cl)c1c[nH]c2ncccc12. The minimum Gasteiger partial charge on any atom is -0.345 e. The first-order chi connectivity index (χ1) is 9.66. The molecule has 3 nitrogen and oxygen atoms in total. The highest BCUT2D eigenvalue weighted by Gasteiger charge is 2.15. The van der Waals surface area contributed by atoms with Crippen LogP contribution in [0.3, 0.4) is 0 Å². The molecule has 5 heteroatoms. The Hall–Kier alpha value is -1.84. The van der Waals surface area contributed by atoms with Gasteiger partial charge in [0.15, 0.2) is 5.78 Å². The van der Waals surface area contributed by atoms with Crippen LogP contribution in [-0.4, -0.2) is 15.8 Å². The molecule has 0 amide bonds. The van der Waals surface area contributed by atoms with Gasteiger partial charge in [-0.05, 0) is 23.8 Å². The van der Waals surface area contributed by atoms with E-state index in [0.29, 0.717) is 21.3 Å². The Morgan fingerprint density at radius 2 is 2.05 bits per heavy atom. The largest absolute Gasteiger partial charge is 0.345 e. The summed E-state index contributed by atoms with van der Waals surface area (Å²) in [5, 5.41) is 1.70. The van der Waals surface area contributed by atoms with E-state index >= 15 is 0 Å². The van der Waals surface area contributed by atoms with Gasteiger partial charge in [-0.3, -0.25) is 4.79 Å². The Bertz CT molecular complexity index is 795. The van der Waals surface area contributed by atoms with Gasteiger partial charge in [0.1, 0.15) is 5.65 Å². The number of nitrogens with zero attached hydrogens (tertiary/aromatic N) is 1. The number of hydrogen-bond acceptors (Lipinski definition) is 2. The molecular formula is C15H10Cl2N2O. The number of carbonyl (C=O) groups is 1. The number of Topliss-reactive ketones (excluding diaryl/α,β-unsaturated/α-hetero) is 1. The Morgan fingerprint density at radius 1 is 1.20 bits per heavy atom. The van der Waals surface area contributed by atoms with Crippen molar-refractivity contribution in [3.63, 3.8) is 0 Å². The van der Waals surface area contributed by atoms with E-state index in [4.69, 9.17) is 23.2 Å². The molecule has 2 aromatic heterocycles. The summed E-state index contributed by atoms with van der Waals surface area (Å²) >= 11 is 12.1. The van der Waals surface area contributed by atoms with Crippen LogP contribution in [0.2, 0.25) is 10.0 Å². The number of hydrogen-bond donors (Lipinski definition) is 1. The lowest BCUT2D eigenvalue weighted by molar-refractivity contribution is 0.0994. The highest BCUT2D eigenvalue weighted by molar-refractivity contribution is 6.42. The molecule has 0 aliphatic rings. The van der Waals surface area contributed by atoms with Crippen LogP contribution in [-0.2, 0) is 6.42 Å². The second-order valence-corrected chi connectivity index (χ2v) is 5.20. The fraction of sp³-hybridized carbons (Fsp3) is 0.0667. The molecule has 20 heavy (non-hydrogen) atoms. The topological polar surface area (TPSA) is 45.8 Å². The summed E-state index contributed by atoms with van der Waals surface area (Å²) in [6.07, 6.45) is 3.57. The zero-order valence-corrected chi connectivity index (χ0v) is 11.9. The van der Waals surface area contributed by atoms with E-state index in [0.717, 1.165) is 10.9 Å². The van der Waals surface area contributed by atoms with Crippen molar-refractivity contribution < 1.29 is 4.79 Å². The smallest absolute Gasteiger partial charge is 0.169 e. The zero-order chi connectivity index (χ0) is 14.1. The summed E-state index contributed by atoms with van der Waals surface area (Å²) in [6.45, 7) is 0. The summed E-state index contributed by atoms with van der Waals surface area (Å²) < 4.78 is 0. The fourth-order valence-electron chi connectivity index (χ4n) is 2.14. The van der Waals surface area contributed by atoms with E-state index in [2.05, 4.69) is 9.97 Å². The number of benzene rings is 1. The second kappa shape index (κ2) is 5.27. The molecule has 0 bridgehead atoms. The van der Waals surface area contributed by atoms with Crippen molar-refractivity contribution in [2.45, 2.75) is 6.42 Å². The molecular weight excluding hydrogens is 295 g/mol. The van der Waals surface area contributed by atoms with E-state index in [1.807, 2.05) is 6.07 Å². The zero-order valence-electron chi connectivity index (χ0n) is 10.4. The fourth-order valence-corrected chi connectivity index (χ4v) is 2.53. The minimum absolute atomic E-state index is 0.0200. The first-order valence-electron chi connectivity index (χ1n) is 6.05. The number of halogens is 2. The number of carbonyl (C=O) groups excluding carboxylic acids is 1. The molecule has 0 saturated heterocycles. The van der Waals surface area contributed by atoms with Crippen LogP contribution in [0.5, 0.6) is 0 Å². The average Bonchev–Trinajstić information content (AvgIpc) is 2.88. The Kier molecular flexibility index (Phi) is 3.47. The summed E-state index contributed by atoms with van der Waals surface area (Å²) in [4.78, 5) is 19.6. The first-order valence-corrected chi connectivity index (χ1v) is 6.80. The lowest BCUT2D eigenvalue weighted by Gasteiger charge is -2.04. The van der Waals surface area contributed by atoms with Gasteiger partial charge in [-0.1, -0.05) is 35.3 Å². The van der Waals surface area contributed by atoms with Gasteiger partial charge in [0, 0.05) is 29.8 Å². The van der Waals surface area contributed by atoms with E-state index < -0.39 is 0 Å². The van der Waals surface area contributed by atoms with Crippen LogP contribution in [0, 0.1) is 0 Å². The average molecular weight is 305 g/mol. The van der Waals surface area contributed by atoms with E-state index in [1.54, 1.807) is 36.7 Å². The van der Waals surface area contributed by atoms with Crippen molar-refractivity contribution in [3.05, 3.63) is 63.9 Å². The van der Waals surface area contributed by atoms with Crippen molar-refractivity contribution >= 4 is 40.0 Å². The molecule has 3 aromatic rings. The van der Waals surface area contributed by atoms with Crippen LogP contribution >= 0.6 is 23.2 Å². The number of nitrogens with one attached hydrogen (secondary N) is 1. The number of ketones is 1. The summed E-state index contributed by atoms with van der Waals surface area (Å²) in [6, 6.07) is 8.96. The normalized spacial score (nSPS) is 10.9. The summed E-state index contributed by atoms with van der Waals surface area (Å²) in [7, 11) is 0. The quantitative estimate of drug-likeness (QED) is 0.733. The van der Waals surface area contributed by atoms with Crippen molar-refractivity contribution in [1.29, 1.82) is 0 Å². The van der Waals surface area contributed by atoms with E-state index in [1.165, 1.54) is 0 Å². The molecule has 0 aliphatic heterocycles. The highest BCUT2D eigenvalue weighted by atomic mass is 35.5. The van der Waals surface area contributed by atoms with Gasteiger partial charge in [0.05, 0.1) is 10.0 Å². The molecule has 100 valence electrons. The predicted molar refractivity (Wildman–Crippen MR) is 80.6 cm³/mol. The Labute approximate surface area is 125 Å². The molecule has 2 heterocycles. The summed E-state index contributed by atoms with van der Waals surface area (Å²) in [5.74, 6) is -0.0200. The standard InChI is InChI=1S/C15H10Cl2N2O/c16-12-5-1-3-9(14(12)17)7-13(20)11-8-19-15-10(11)4-2-6-18-15/h1-6,8H,7H2,(H,18,19). The molecule has 0 spiro atoms. The van der Waals surface area contributed by atoms with Crippen molar-refractivity contribution in [1.82, 2.24) is 9.97 Å². The third kappa shape index (κ3) is 2.30. The Morgan fingerprint density at radius 3 is 2.90 bits per heavy atom. The van der Waals surface area contributed by atoms with Crippen LogP contribution in [0.4, 0.5) is 0 Å². The van der Waals surface area contributed by atoms with E-state index in [-0.39, 0.29) is 12.2 Å². The van der Waals surface area contributed by atoms with Crippen molar-refractivity contribution in [2.75, 3.05) is 0 Å². The van der Waals surface area contributed by atoms with Gasteiger partial charge in [-0.25, -0.2) is 4.98 Å². The first kappa shape index (κ1) is 13.2. The number of aromatic nitrogens is 2. The number of pyridine rings is 1. The Balaban J connectivity index is 1.95. The molecule has 3 rings (SSSR count). The molecule has 0 saturated carbocycles. The summed E-state index contributed by atoms with van der Waals surface area (Å²) in [5.41, 5.74) is 2.04. The van der Waals surface area contributed by atoms with Crippen LogP contribution in [0.25, 0.3) is 11.0 Å². The maximum Gasteiger partial charge on any atom is 0.169 e. The molecule has 0 aliphatic carbocycles. The molecule has 1 aromatic carbocycles. The third-order valence-corrected chi connectivity index (χ3v) is 3.99. The molecule has 0 radical (unpaired) electrons. The monoisotopic (exact) mass is 304 g/mol. The second-order valence-electron chi connectivity index (χ2n) is 4.41. The number of H-pyrrole nitrogens is 1. The van der Waals surface area contributed by atoms with Gasteiger partial charge >= 0.3 is 0 Å². The van der Waals surface area contributed by atoms with Crippen molar-refractivity contribution in [2.24, 2.45) is 0 Å². The van der Waals surface area contributed by atoms with Crippen LogP contribution in [0.1, 0.15) is 15.9 Å². The predicted octanol–water partition coefficient (Wildman–Crippen LogP) is 4.30. The van der Waals surface area contributed by atoms with Gasteiger partial charge in [0.2, 0.25) is 0 Å². The van der Waals surface area contributed by atoms with E-state index in [9.17, 15) is 4.79 Å². The molecule has 0 atom stereocenters. The number of fused-ring (bicyclic) bond motifs is 1. The maximum absolute atomic E-state index is 12.4. The van der Waals surface area contributed by atoms with Gasteiger partial charge in [0.25, 0.3) is 0 Å². The number of rotatable bonds is 3. The third-order valence-electron chi connectivity index (χ3n) is 3.13. The molecule has 0 unspecified atom stereocenters.